The van der Waals surface area contributed by atoms with Crippen LogP contribution >= 0.6 is 22.6 Å². The maximum Gasteiger partial charge on any atom is 0.405 e. The maximum atomic E-state index is 12.2. The van der Waals surface area contributed by atoms with Crippen LogP contribution in [0.15, 0.2) is 24.3 Å². The summed E-state index contributed by atoms with van der Waals surface area (Å²) in [5, 5.41) is 0. The van der Waals surface area contributed by atoms with Gasteiger partial charge in [-0.2, -0.15) is 0 Å². The number of halogens is 1. The van der Waals surface area contributed by atoms with Crippen molar-refractivity contribution >= 4 is 34.5 Å². The molecule has 0 saturated carbocycles. The predicted octanol–water partition coefficient (Wildman–Crippen LogP) is 2.59. The SMILES string of the molecule is CC(C)[C@@H](OC(N)=O)C(=O)c1ccccc1I. The van der Waals surface area contributed by atoms with E-state index in [1.54, 1.807) is 26.0 Å². The number of nitrogens with two attached hydrogens (primary N) is 1. The minimum Gasteiger partial charge on any atom is -0.438 e. The van der Waals surface area contributed by atoms with Crippen LogP contribution in [-0.4, -0.2) is 18.0 Å². The van der Waals surface area contributed by atoms with Crippen molar-refractivity contribution in [3.63, 3.8) is 0 Å². The molecule has 0 aliphatic rings. The van der Waals surface area contributed by atoms with Crippen LogP contribution in [0.1, 0.15) is 24.2 Å². The topological polar surface area (TPSA) is 69.4 Å². The van der Waals surface area contributed by atoms with Gasteiger partial charge in [-0.25, -0.2) is 4.79 Å². The van der Waals surface area contributed by atoms with E-state index in [0.717, 1.165) is 3.57 Å². The molecule has 1 amide bonds. The Morgan fingerprint density at radius 3 is 2.35 bits per heavy atom. The maximum absolute atomic E-state index is 12.2. The third-order valence-electron chi connectivity index (χ3n) is 2.25. The van der Waals surface area contributed by atoms with Crippen molar-refractivity contribution in [3.05, 3.63) is 33.4 Å². The van der Waals surface area contributed by atoms with Crippen molar-refractivity contribution in [1.29, 1.82) is 0 Å². The highest BCUT2D eigenvalue weighted by Gasteiger charge is 2.27. The Hall–Kier alpha value is -1.11. The summed E-state index contributed by atoms with van der Waals surface area (Å²) in [6.07, 6.45) is -1.76. The lowest BCUT2D eigenvalue weighted by Crippen LogP contribution is -2.34. The molecule has 4 nitrogen and oxygen atoms in total. The first kappa shape index (κ1) is 14.0. The molecule has 0 heterocycles. The Morgan fingerprint density at radius 2 is 1.88 bits per heavy atom. The summed E-state index contributed by atoms with van der Waals surface area (Å²) in [7, 11) is 0. The first-order valence-corrected chi connectivity index (χ1v) is 6.26. The Labute approximate surface area is 114 Å². The molecule has 92 valence electrons. The average Bonchev–Trinajstić information content (AvgIpc) is 2.25. The van der Waals surface area contributed by atoms with Gasteiger partial charge in [0.15, 0.2) is 6.10 Å². The van der Waals surface area contributed by atoms with E-state index in [1.165, 1.54) is 0 Å². The molecule has 0 unspecified atom stereocenters. The van der Waals surface area contributed by atoms with Gasteiger partial charge in [0, 0.05) is 9.13 Å². The molecule has 0 aliphatic heterocycles. The van der Waals surface area contributed by atoms with Crippen LogP contribution in [-0.2, 0) is 4.74 Å². The minimum absolute atomic E-state index is 0.119. The zero-order chi connectivity index (χ0) is 13.0. The first-order chi connectivity index (χ1) is 7.93. The van der Waals surface area contributed by atoms with Gasteiger partial charge in [0.2, 0.25) is 5.78 Å². The molecule has 0 radical (unpaired) electrons. The second-order valence-corrected chi connectivity index (χ2v) is 5.11. The zero-order valence-electron chi connectivity index (χ0n) is 9.64. The smallest absolute Gasteiger partial charge is 0.405 e. The van der Waals surface area contributed by atoms with Crippen molar-refractivity contribution < 1.29 is 14.3 Å². The second-order valence-electron chi connectivity index (χ2n) is 3.95. The molecule has 17 heavy (non-hydrogen) atoms. The van der Waals surface area contributed by atoms with Crippen LogP contribution in [0, 0.1) is 9.49 Å². The highest BCUT2D eigenvalue weighted by molar-refractivity contribution is 14.1. The monoisotopic (exact) mass is 347 g/mol. The third kappa shape index (κ3) is 3.69. The fourth-order valence-corrected chi connectivity index (χ4v) is 2.08. The Bertz CT molecular complexity index is 432. The molecule has 0 saturated heterocycles. The quantitative estimate of drug-likeness (QED) is 0.672. The zero-order valence-corrected chi connectivity index (χ0v) is 11.8. The summed E-state index contributed by atoms with van der Waals surface area (Å²) in [6, 6.07) is 7.16. The summed E-state index contributed by atoms with van der Waals surface area (Å²) in [6.45, 7) is 3.61. The normalized spacial score (nSPS) is 12.2. The molecule has 0 aliphatic carbocycles. The number of carbonyl (C=O) groups is 2. The molecule has 0 bridgehead atoms. The van der Waals surface area contributed by atoms with Crippen molar-refractivity contribution in [2.75, 3.05) is 0 Å². The number of ether oxygens (including phenoxy) is 1. The standard InChI is InChI=1S/C12H14INO3/c1-7(2)11(17-12(14)16)10(15)8-5-3-4-6-9(8)13/h3-7,11H,1-2H3,(H2,14,16)/t11-/m1/s1. The molecular formula is C12H14INO3. The van der Waals surface area contributed by atoms with Crippen LogP contribution in [0.5, 0.6) is 0 Å². The minimum atomic E-state index is -0.928. The van der Waals surface area contributed by atoms with Gasteiger partial charge >= 0.3 is 6.09 Å². The molecule has 0 fully saturated rings. The molecule has 5 heteroatoms. The van der Waals surface area contributed by atoms with E-state index in [4.69, 9.17) is 10.5 Å². The van der Waals surface area contributed by atoms with E-state index in [1.807, 2.05) is 12.1 Å². The van der Waals surface area contributed by atoms with Crippen molar-refractivity contribution in [3.8, 4) is 0 Å². The second kappa shape index (κ2) is 6.00. The lowest BCUT2D eigenvalue weighted by molar-refractivity contribution is 0.0535. The molecule has 1 rings (SSSR count). The van der Waals surface area contributed by atoms with Gasteiger partial charge in [0.1, 0.15) is 0 Å². The first-order valence-electron chi connectivity index (χ1n) is 5.18. The highest BCUT2D eigenvalue weighted by atomic mass is 127. The van der Waals surface area contributed by atoms with Gasteiger partial charge in [-0.1, -0.05) is 32.0 Å². The van der Waals surface area contributed by atoms with Crippen LogP contribution < -0.4 is 5.73 Å². The molecule has 2 N–H and O–H groups in total. The van der Waals surface area contributed by atoms with Crippen molar-refractivity contribution in [1.82, 2.24) is 0 Å². The summed E-state index contributed by atoms with van der Waals surface area (Å²) < 4.78 is 5.70. The van der Waals surface area contributed by atoms with Crippen LogP contribution in [0.25, 0.3) is 0 Å². The number of hydrogen-bond donors (Lipinski definition) is 1. The third-order valence-corrected chi connectivity index (χ3v) is 3.19. The number of Topliss-reactive ketones (excluding diaryl/α,β-unsaturated/α-hetero) is 1. The van der Waals surface area contributed by atoms with Crippen LogP contribution in [0.4, 0.5) is 4.79 Å². The largest absolute Gasteiger partial charge is 0.438 e. The Balaban J connectivity index is 3.00. The molecule has 1 aromatic carbocycles. The number of carbonyl (C=O) groups excluding carboxylic acids is 2. The van der Waals surface area contributed by atoms with Gasteiger partial charge in [0.25, 0.3) is 0 Å². The van der Waals surface area contributed by atoms with Gasteiger partial charge in [-0.15, -0.1) is 0 Å². The van der Waals surface area contributed by atoms with Gasteiger partial charge in [-0.3, -0.25) is 4.79 Å². The number of amides is 1. The van der Waals surface area contributed by atoms with E-state index in [0.29, 0.717) is 5.56 Å². The van der Waals surface area contributed by atoms with Gasteiger partial charge in [-0.05, 0) is 34.6 Å². The number of benzene rings is 1. The summed E-state index contributed by atoms with van der Waals surface area (Å²) in [5.74, 6) is -0.338. The summed E-state index contributed by atoms with van der Waals surface area (Å²) in [5.41, 5.74) is 5.52. The predicted molar refractivity (Wildman–Crippen MR) is 72.8 cm³/mol. The molecular weight excluding hydrogens is 333 g/mol. The molecule has 1 aromatic rings. The number of ketones is 1. The average molecular weight is 347 g/mol. The van der Waals surface area contributed by atoms with Gasteiger partial charge < -0.3 is 10.5 Å². The van der Waals surface area contributed by atoms with Gasteiger partial charge in [0.05, 0.1) is 0 Å². The van der Waals surface area contributed by atoms with Crippen molar-refractivity contribution in [2.24, 2.45) is 11.7 Å². The summed E-state index contributed by atoms with van der Waals surface area (Å²) in [4.78, 5) is 23.0. The van der Waals surface area contributed by atoms with E-state index in [-0.39, 0.29) is 11.7 Å². The van der Waals surface area contributed by atoms with E-state index in [2.05, 4.69) is 22.6 Å². The highest BCUT2D eigenvalue weighted by Crippen LogP contribution is 2.18. The lowest BCUT2D eigenvalue weighted by Gasteiger charge is -2.19. The number of primary amides is 1. The van der Waals surface area contributed by atoms with Crippen LogP contribution in [0.2, 0.25) is 0 Å². The molecule has 0 spiro atoms. The lowest BCUT2D eigenvalue weighted by atomic mass is 9.98. The van der Waals surface area contributed by atoms with E-state index >= 15 is 0 Å². The molecule has 0 aromatic heterocycles. The Kier molecular flexibility index (Phi) is 4.92. The van der Waals surface area contributed by atoms with Crippen molar-refractivity contribution in [2.45, 2.75) is 20.0 Å². The number of hydrogen-bond acceptors (Lipinski definition) is 3. The fraction of sp³-hybridized carbons (Fsp3) is 0.333. The van der Waals surface area contributed by atoms with E-state index in [9.17, 15) is 9.59 Å². The number of rotatable bonds is 4. The fourth-order valence-electron chi connectivity index (χ4n) is 1.43. The van der Waals surface area contributed by atoms with E-state index < -0.39 is 12.2 Å². The Morgan fingerprint density at radius 1 is 1.29 bits per heavy atom. The summed E-state index contributed by atoms with van der Waals surface area (Å²) >= 11 is 2.07. The molecule has 1 atom stereocenters. The van der Waals surface area contributed by atoms with Crippen LogP contribution in [0.3, 0.4) is 0 Å².